The largest absolute Gasteiger partial charge is 0.586 e. The molecule has 0 bridgehead atoms. The average molecular weight is 362 g/mol. The van der Waals surface area contributed by atoms with E-state index in [-0.39, 0.29) is 23.7 Å². The molecule has 0 atom stereocenters. The van der Waals surface area contributed by atoms with Crippen molar-refractivity contribution < 1.29 is 37.7 Å². The lowest BCUT2D eigenvalue weighted by Crippen LogP contribution is -2.25. The highest BCUT2D eigenvalue weighted by Crippen LogP contribution is 2.41. The Morgan fingerprint density at radius 2 is 1.88 bits per heavy atom. The van der Waals surface area contributed by atoms with Gasteiger partial charge < -0.3 is 19.3 Å². The fraction of sp³-hybridized carbons (Fsp3) is 0.111. The van der Waals surface area contributed by atoms with Gasteiger partial charge in [-0.2, -0.15) is 0 Å². The van der Waals surface area contributed by atoms with E-state index in [9.17, 15) is 18.4 Å². The zero-order valence-electron chi connectivity index (χ0n) is 13.1. The topological polar surface area (TPSA) is 82.1 Å². The molecule has 134 valence electrons. The number of carboxylic acid groups (broad SMARTS) is 1. The van der Waals surface area contributed by atoms with Crippen LogP contribution in [0.2, 0.25) is 0 Å². The molecule has 3 rings (SSSR count). The van der Waals surface area contributed by atoms with Gasteiger partial charge in [-0.25, -0.2) is 9.59 Å². The number of esters is 1. The first-order valence-electron chi connectivity index (χ1n) is 7.39. The fourth-order valence-corrected chi connectivity index (χ4v) is 2.23. The Kier molecular flexibility index (Phi) is 4.57. The van der Waals surface area contributed by atoms with E-state index in [0.29, 0.717) is 11.1 Å². The minimum atomic E-state index is -3.70. The number of ether oxygens (including phenoxy) is 3. The van der Waals surface area contributed by atoms with Crippen LogP contribution in [0.1, 0.15) is 21.5 Å². The monoisotopic (exact) mass is 362 g/mol. The lowest BCUT2D eigenvalue weighted by atomic mass is 10.1. The predicted octanol–water partition coefficient (Wildman–Crippen LogP) is 3.46. The second kappa shape index (κ2) is 6.83. The summed E-state index contributed by atoms with van der Waals surface area (Å²) in [5.41, 5.74) is 1.05. The molecular weight excluding hydrogens is 350 g/mol. The van der Waals surface area contributed by atoms with Crippen LogP contribution in [0.3, 0.4) is 0 Å². The van der Waals surface area contributed by atoms with Crippen LogP contribution in [-0.2, 0) is 16.1 Å². The van der Waals surface area contributed by atoms with Crippen molar-refractivity contribution >= 4 is 18.0 Å². The molecular formula is C18H12F2O6. The normalized spacial score (nSPS) is 14.4. The van der Waals surface area contributed by atoms with Crippen LogP contribution in [0.15, 0.2) is 48.5 Å². The molecule has 2 aromatic carbocycles. The van der Waals surface area contributed by atoms with Gasteiger partial charge >= 0.3 is 18.2 Å². The van der Waals surface area contributed by atoms with E-state index in [4.69, 9.17) is 9.84 Å². The number of carbonyl (C=O) groups excluding carboxylic acids is 1. The van der Waals surface area contributed by atoms with Gasteiger partial charge in [0.25, 0.3) is 0 Å². The number of aromatic carboxylic acids is 1. The number of rotatable bonds is 5. The molecule has 1 heterocycles. The summed E-state index contributed by atoms with van der Waals surface area (Å²) in [4.78, 5) is 22.6. The summed E-state index contributed by atoms with van der Waals surface area (Å²) < 4.78 is 39.5. The molecule has 2 aromatic rings. The van der Waals surface area contributed by atoms with Crippen molar-refractivity contribution in [3.8, 4) is 11.5 Å². The first kappa shape index (κ1) is 17.4. The second-order valence-corrected chi connectivity index (χ2v) is 5.32. The summed E-state index contributed by atoms with van der Waals surface area (Å²) in [6.07, 6.45) is -1.21. The summed E-state index contributed by atoms with van der Waals surface area (Å²) in [6, 6.07) is 10.1. The Hall–Kier alpha value is -3.42. The maximum atomic E-state index is 12.9. The molecule has 26 heavy (non-hydrogen) atoms. The van der Waals surface area contributed by atoms with Crippen molar-refractivity contribution in [1.29, 1.82) is 0 Å². The van der Waals surface area contributed by atoms with Gasteiger partial charge in [0.15, 0.2) is 11.5 Å². The van der Waals surface area contributed by atoms with E-state index < -0.39 is 18.2 Å². The molecule has 0 fully saturated rings. The Labute approximate surface area is 146 Å². The summed E-state index contributed by atoms with van der Waals surface area (Å²) in [6.45, 7) is -0.0995. The van der Waals surface area contributed by atoms with Crippen molar-refractivity contribution in [3.63, 3.8) is 0 Å². The Morgan fingerprint density at radius 3 is 2.65 bits per heavy atom. The zero-order valence-corrected chi connectivity index (χ0v) is 13.1. The molecule has 0 spiro atoms. The van der Waals surface area contributed by atoms with Gasteiger partial charge in [0.2, 0.25) is 0 Å². The van der Waals surface area contributed by atoms with Gasteiger partial charge in [-0.05, 0) is 41.5 Å². The van der Waals surface area contributed by atoms with Crippen molar-refractivity contribution in [2.75, 3.05) is 0 Å². The molecule has 1 aliphatic rings. The number of hydrogen-bond donors (Lipinski definition) is 1. The molecule has 1 N–H and O–H groups in total. The lowest BCUT2D eigenvalue weighted by Gasteiger charge is -2.04. The third-order valence-electron chi connectivity index (χ3n) is 3.39. The summed E-state index contributed by atoms with van der Waals surface area (Å²) in [5, 5.41) is 8.91. The smallest absolute Gasteiger partial charge is 0.478 e. The summed E-state index contributed by atoms with van der Waals surface area (Å²) in [5.74, 6) is -1.97. The van der Waals surface area contributed by atoms with Crippen molar-refractivity contribution in [2.24, 2.45) is 0 Å². The van der Waals surface area contributed by atoms with Crippen molar-refractivity contribution in [1.82, 2.24) is 0 Å². The average Bonchev–Trinajstić information content (AvgIpc) is 2.91. The molecule has 0 amide bonds. The molecule has 0 aliphatic carbocycles. The van der Waals surface area contributed by atoms with Gasteiger partial charge in [-0.15, -0.1) is 8.78 Å². The van der Waals surface area contributed by atoms with Gasteiger partial charge in [-0.3, -0.25) is 0 Å². The van der Waals surface area contributed by atoms with Crippen LogP contribution in [0.25, 0.3) is 6.08 Å². The van der Waals surface area contributed by atoms with E-state index in [1.54, 1.807) is 12.1 Å². The molecule has 6 nitrogen and oxygen atoms in total. The number of carbonyl (C=O) groups is 2. The van der Waals surface area contributed by atoms with Crippen LogP contribution in [0.4, 0.5) is 8.78 Å². The number of benzene rings is 2. The third kappa shape index (κ3) is 4.15. The first-order valence-corrected chi connectivity index (χ1v) is 7.39. The molecule has 0 saturated heterocycles. The minimum Gasteiger partial charge on any atom is -0.478 e. The number of halogens is 2. The standard InChI is InChI=1S/C18H12F2O6/c19-18(20)25-14-6-4-11(9-15(14)26-18)5-7-16(21)24-10-12-2-1-3-13(8-12)17(22)23/h1-9H,10H2,(H,22,23)/b7-5+. The first-order chi connectivity index (χ1) is 12.3. The van der Waals surface area contributed by atoms with Crippen molar-refractivity contribution in [3.05, 3.63) is 65.2 Å². The van der Waals surface area contributed by atoms with Gasteiger partial charge in [0, 0.05) is 6.08 Å². The third-order valence-corrected chi connectivity index (χ3v) is 3.39. The zero-order chi connectivity index (χ0) is 18.7. The van der Waals surface area contributed by atoms with Gasteiger partial charge in [0.1, 0.15) is 6.61 Å². The molecule has 0 radical (unpaired) electrons. The van der Waals surface area contributed by atoms with Crippen LogP contribution in [0.5, 0.6) is 11.5 Å². The maximum Gasteiger partial charge on any atom is 0.586 e. The molecule has 0 unspecified atom stereocenters. The number of fused-ring (bicyclic) bond motifs is 1. The number of carboxylic acids is 1. The Bertz CT molecular complexity index is 891. The maximum absolute atomic E-state index is 12.9. The summed E-state index contributed by atoms with van der Waals surface area (Å²) >= 11 is 0. The molecule has 0 aromatic heterocycles. The number of hydrogen-bond acceptors (Lipinski definition) is 5. The van der Waals surface area contributed by atoms with E-state index >= 15 is 0 Å². The molecule has 8 heteroatoms. The molecule has 1 aliphatic heterocycles. The highest BCUT2D eigenvalue weighted by molar-refractivity contribution is 5.88. The van der Waals surface area contributed by atoms with Gasteiger partial charge in [0.05, 0.1) is 5.56 Å². The van der Waals surface area contributed by atoms with Crippen molar-refractivity contribution in [2.45, 2.75) is 12.9 Å². The van der Waals surface area contributed by atoms with E-state index in [1.165, 1.54) is 36.4 Å². The van der Waals surface area contributed by atoms with E-state index in [1.807, 2.05) is 0 Å². The second-order valence-electron chi connectivity index (χ2n) is 5.32. The fourth-order valence-electron chi connectivity index (χ4n) is 2.23. The van der Waals surface area contributed by atoms with Crippen LogP contribution >= 0.6 is 0 Å². The highest BCUT2D eigenvalue weighted by Gasteiger charge is 2.43. The number of alkyl halides is 2. The van der Waals surface area contributed by atoms with Gasteiger partial charge in [-0.1, -0.05) is 18.2 Å². The highest BCUT2D eigenvalue weighted by atomic mass is 19.3. The SMILES string of the molecule is O=C(/C=C/c1ccc2c(c1)OC(F)(F)O2)OCc1cccc(C(=O)O)c1. The van der Waals surface area contributed by atoms with E-state index in [0.717, 1.165) is 6.08 Å². The minimum absolute atomic E-state index is 0.0891. The lowest BCUT2D eigenvalue weighted by molar-refractivity contribution is -0.286. The quantitative estimate of drug-likeness (QED) is 0.648. The Balaban J connectivity index is 1.59. The van der Waals surface area contributed by atoms with E-state index in [2.05, 4.69) is 9.47 Å². The molecule has 0 saturated carbocycles. The summed E-state index contributed by atoms with van der Waals surface area (Å²) in [7, 11) is 0. The Morgan fingerprint density at radius 1 is 1.12 bits per heavy atom. The van der Waals surface area contributed by atoms with Crippen LogP contribution in [0, 0.1) is 0 Å². The van der Waals surface area contributed by atoms with Crippen LogP contribution in [-0.4, -0.2) is 23.3 Å². The predicted molar refractivity (Wildman–Crippen MR) is 84.9 cm³/mol. The van der Waals surface area contributed by atoms with Crippen LogP contribution < -0.4 is 9.47 Å².